The van der Waals surface area contributed by atoms with Crippen LogP contribution in [0.2, 0.25) is 0 Å². The van der Waals surface area contributed by atoms with Crippen molar-refractivity contribution in [2.75, 3.05) is 13.1 Å². The Balaban J connectivity index is 1.68. The van der Waals surface area contributed by atoms with Gasteiger partial charge >= 0.3 is 0 Å². The van der Waals surface area contributed by atoms with Crippen LogP contribution in [0.15, 0.2) is 35.4 Å². The van der Waals surface area contributed by atoms with Crippen molar-refractivity contribution in [2.45, 2.75) is 25.7 Å². The first-order valence-electron chi connectivity index (χ1n) is 7.98. The molecule has 2 aliphatic rings. The molecule has 5 heteroatoms. The Kier molecular flexibility index (Phi) is 3.21. The second-order valence-electron chi connectivity index (χ2n) is 6.51. The summed E-state index contributed by atoms with van der Waals surface area (Å²) in [5.41, 5.74) is 0.481. The maximum atomic E-state index is 12.8. The van der Waals surface area contributed by atoms with Gasteiger partial charge in [-0.05, 0) is 43.2 Å². The van der Waals surface area contributed by atoms with Gasteiger partial charge in [-0.1, -0.05) is 12.5 Å². The van der Waals surface area contributed by atoms with Crippen LogP contribution in [0.3, 0.4) is 0 Å². The lowest BCUT2D eigenvalue weighted by Crippen LogP contribution is -2.47. The summed E-state index contributed by atoms with van der Waals surface area (Å²) < 4.78 is 1.44. The third kappa shape index (κ3) is 2.21. The molecule has 22 heavy (non-hydrogen) atoms. The van der Waals surface area contributed by atoms with Crippen LogP contribution < -0.4 is 5.56 Å². The Morgan fingerprint density at radius 3 is 2.73 bits per heavy atom. The lowest BCUT2D eigenvalue weighted by atomic mass is 9.78. The van der Waals surface area contributed by atoms with Gasteiger partial charge in [0.2, 0.25) is 0 Å². The van der Waals surface area contributed by atoms with E-state index in [4.69, 9.17) is 0 Å². The number of hydrogen-bond donors (Lipinski definition) is 0. The van der Waals surface area contributed by atoms with Gasteiger partial charge in [0.15, 0.2) is 0 Å². The van der Waals surface area contributed by atoms with E-state index in [-0.39, 0.29) is 17.0 Å². The van der Waals surface area contributed by atoms with E-state index in [1.165, 1.54) is 36.3 Å². The van der Waals surface area contributed by atoms with Crippen molar-refractivity contribution in [2.24, 2.45) is 11.8 Å². The van der Waals surface area contributed by atoms with Crippen molar-refractivity contribution < 1.29 is 4.79 Å². The molecular weight excluding hydrogens is 278 g/mol. The number of piperidine rings is 1. The average molecular weight is 297 g/mol. The SMILES string of the molecule is O=C(c1cnc2ccccn2c1=O)N1C[C@@H]2CCC[C@@H](C2)C1. The number of nitrogens with zero attached hydrogens (tertiary/aromatic N) is 3. The van der Waals surface area contributed by atoms with E-state index in [1.807, 2.05) is 11.0 Å². The smallest absolute Gasteiger partial charge is 0.270 e. The minimum atomic E-state index is -0.272. The second-order valence-corrected chi connectivity index (χ2v) is 6.51. The molecule has 1 saturated heterocycles. The summed E-state index contributed by atoms with van der Waals surface area (Å²) in [6.07, 6.45) is 8.01. The van der Waals surface area contributed by atoms with Crippen molar-refractivity contribution in [1.82, 2.24) is 14.3 Å². The normalized spacial score (nSPS) is 24.5. The minimum absolute atomic E-state index is 0.160. The molecule has 2 aromatic rings. The number of rotatable bonds is 1. The fourth-order valence-electron chi connectivity index (χ4n) is 3.94. The molecule has 114 valence electrons. The molecule has 2 fully saturated rings. The molecule has 2 aromatic heterocycles. The van der Waals surface area contributed by atoms with Crippen molar-refractivity contribution >= 4 is 11.6 Å². The van der Waals surface area contributed by atoms with Gasteiger partial charge in [0.1, 0.15) is 11.2 Å². The predicted molar refractivity (Wildman–Crippen MR) is 82.8 cm³/mol. The van der Waals surface area contributed by atoms with Crippen molar-refractivity contribution in [3.05, 3.63) is 46.5 Å². The Morgan fingerprint density at radius 2 is 1.95 bits per heavy atom. The summed E-state index contributed by atoms with van der Waals surface area (Å²) in [5, 5.41) is 0. The number of hydrogen-bond acceptors (Lipinski definition) is 3. The van der Waals surface area contributed by atoms with Gasteiger partial charge in [0.05, 0.1) is 0 Å². The third-order valence-electron chi connectivity index (χ3n) is 4.98. The fourth-order valence-corrected chi connectivity index (χ4v) is 3.94. The van der Waals surface area contributed by atoms with E-state index in [1.54, 1.807) is 18.3 Å². The fraction of sp³-hybridized carbons (Fsp3) is 0.471. The van der Waals surface area contributed by atoms with E-state index < -0.39 is 0 Å². The number of aromatic nitrogens is 2. The Morgan fingerprint density at radius 1 is 1.18 bits per heavy atom. The Hall–Kier alpha value is -2.17. The van der Waals surface area contributed by atoms with Crippen molar-refractivity contribution in [3.8, 4) is 0 Å². The number of amides is 1. The molecule has 2 bridgehead atoms. The van der Waals surface area contributed by atoms with Crippen molar-refractivity contribution in [3.63, 3.8) is 0 Å². The highest BCUT2D eigenvalue weighted by molar-refractivity contribution is 5.93. The highest BCUT2D eigenvalue weighted by atomic mass is 16.2. The molecule has 1 saturated carbocycles. The maximum Gasteiger partial charge on any atom is 0.270 e. The molecule has 1 aliphatic heterocycles. The second kappa shape index (κ2) is 5.23. The molecular formula is C17H19N3O2. The van der Waals surface area contributed by atoms with Crippen LogP contribution in [0.5, 0.6) is 0 Å². The van der Waals surface area contributed by atoms with Crippen LogP contribution in [0, 0.1) is 11.8 Å². The zero-order valence-electron chi connectivity index (χ0n) is 12.4. The largest absolute Gasteiger partial charge is 0.338 e. The molecule has 4 rings (SSSR count). The molecule has 0 N–H and O–H groups in total. The molecule has 3 heterocycles. The van der Waals surface area contributed by atoms with Gasteiger partial charge in [0.25, 0.3) is 11.5 Å². The van der Waals surface area contributed by atoms with Gasteiger partial charge in [-0.2, -0.15) is 0 Å². The van der Waals surface area contributed by atoms with E-state index in [2.05, 4.69) is 4.98 Å². The molecule has 1 amide bonds. The van der Waals surface area contributed by atoms with Gasteiger partial charge in [-0.25, -0.2) is 4.98 Å². The quantitative estimate of drug-likeness (QED) is 0.808. The zero-order valence-corrected chi connectivity index (χ0v) is 12.4. The Labute approximate surface area is 128 Å². The first-order valence-corrected chi connectivity index (χ1v) is 7.98. The van der Waals surface area contributed by atoms with Gasteiger partial charge < -0.3 is 4.90 Å². The maximum absolute atomic E-state index is 12.8. The van der Waals surface area contributed by atoms with Crippen LogP contribution in [0.1, 0.15) is 36.0 Å². The molecule has 0 aromatic carbocycles. The van der Waals surface area contributed by atoms with Crippen LogP contribution in [0.4, 0.5) is 0 Å². The lowest BCUT2D eigenvalue weighted by molar-refractivity contribution is 0.0502. The zero-order chi connectivity index (χ0) is 15.1. The summed E-state index contributed by atoms with van der Waals surface area (Å²) in [6.45, 7) is 1.57. The van der Waals surface area contributed by atoms with Crippen LogP contribution in [-0.2, 0) is 0 Å². The average Bonchev–Trinajstić information content (AvgIpc) is 2.54. The number of carbonyl (C=O) groups is 1. The number of carbonyl (C=O) groups excluding carboxylic acids is 1. The number of fused-ring (bicyclic) bond motifs is 3. The van der Waals surface area contributed by atoms with Crippen LogP contribution in [0.25, 0.3) is 5.65 Å². The summed E-state index contributed by atoms with van der Waals surface area (Å²) in [5.74, 6) is 1.05. The molecule has 5 nitrogen and oxygen atoms in total. The summed E-state index contributed by atoms with van der Waals surface area (Å²) in [4.78, 5) is 31.4. The topological polar surface area (TPSA) is 54.7 Å². The van der Waals surface area contributed by atoms with Gasteiger partial charge in [-0.15, -0.1) is 0 Å². The van der Waals surface area contributed by atoms with Crippen LogP contribution >= 0.6 is 0 Å². The summed E-state index contributed by atoms with van der Waals surface area (Å²) >= 11 is 0. The van der Waals surface area contributed by atoms with E-state index in [0.29, 0.717) is 17.5 Å². The molecule has 0 spiro atoms. The van der Waals surface area contributed by atoms with Gasteiger partial charge in [-0.3, -0.25) is 14.0 Å². The third-order valence-corrected chi connectivity index (χ3v) is 4.98. The van der Waals surface area contributed by atoms with Crippen molar-refractivity contribution in [1.29, 1.82) is 0 Å². The standard InChI is InChI=1S/C17H19N3O2/c21-16(19-10-12-4-3-5-13(8-12)11-19)14-9-18-15-6-1-2-7-20(15)17(14)22/h1-2,6-7,9,12-13H,3-5,8,10-11H2/t12-,13+. The lowest BCUT2D eigenvalue weighted by Gasteiger charge is -2.41. The van der Waals surface area contributed by atoms with Crippen LogP contribution in [-0.4, -0.2) is 33.3 Å². The first-order chi connectivity index (χ1) is 10.7. The van der Waals surface area contributed by atoms with E-state index >= 15 is 0 Å². The molecule has 2 atom stereocenters. The highest BCUT2D eigenvalue weighted by Crippen LogP contribution is 2.34. The first kappa shape index (κ1) is 13.5. The Bertz CT molecular complexity index is 771. The monoisotopic (exact) mass is 297 g/mol. The predicted octanol–water partition coefficient (Wildman–Crippen LogP) is 1.96. The highest BCUT2D eigenvalue weighted by Gasteiger charge is 2.33. The number of likely N-dealkylation sites (tertiary alicyclic amines) is 1. The molecule has 0 unspecified atom stereocenters. The minimum Gasteiger partial charge on any atom is -0.338 e. The molecule has 1 aliphatic carbocycles. The molecule has 0 radical (unpaired) electrons. The number of pyridine rings is 1. The summed E-state index contributed by atoms with van der Waals surface area (Å²) in [7, 11) is 0. The van der Waals surface area contributed by atoms with E-state index in [0.717, 1.165) is 13.1 Å². The summed E-state index contributed by atoms with van der Waals surface area (Å²) in [6, 6.07) is 5.37. The van der Waals surface area contributed by atoms with E-state index in [9.17, 15) is 9.59 Å². The van der Waals surface area contributed by atoms with Gasteiger partial charge in [0, 0.05) is 25.5 Å².